The highest BCUT2D eigenvalue weighted by Crippen LogP contribution is 2.26. The van der Waals surface area contributed by atoms with E-state index < -0.39 is 0 Å². The molecule has 1 saturated heterocycles. The van der Waals surface area contributed by atoms with Crippen LogP contribution in [-0.4, -0.2) is 52.7 Å². The van der Waals surface area contributed by atoms with E-state index in [1.807, 2.05) is 16.6 Å². The monoisotopic (exact) mass is 437 g/mol. The van der Waals surface area contributed by atoms with Crippen LogP contribution in [0, 0.1) is 9.52 Å². The molecule has 0 bridgehead atoms. The van der Waals surface area contributed by atoms with Crippen LogP contribution in [-0.2, 0) is 0 Å². The Labute approximate surface area is 153 Å². The summed E-state index contributed by atoms with van der Waals surface area (Å²) in [4.78, 5) is 9.27. The van der Waals surface area contributed by atoms with E-state index in [9.17, 15) is 4.39 Å². The Bertz CT molecular complexity index is 869. The number of nitrogens with zero attached hydrogens (tertiary/aromatic N) is 5. The van der Waals surface area contributed by atoms with Crippen molar-refractivity contribution in [3.8, 4) is 11.3 Å². The maximum atomic E-state index is 13.1. The second-order valence-corrected chi connectivity index (χ2v) is 7.03. The van der Waals surface area contributed by atoms with Crippen molar-refractivity contribution in [3.05, 3.63) is 45.9 Å². The average molecular weight is 437 g/mol. The minimum Gasteiger partial charge on any atom is -0.353 e. The number of fused-ring (bicyclic) bond motifs is 1. The van der Waals surface area contributed by atoms with Crippen LogP contribution in [0.5, 0.6) is 0 Å². The number of imidazole rings is 1. The number of hydrogen-bond acceptors (Lipinski definition) is 4. The fourth-order valence-corrected chi connectivity index (χ4v) is 3.68. The molecular formula is C17H17FIN5. The van der Waals surface area contributed by atoms with Gasteiger partial charge in [-0.1, -0.05) is 0 Å². The lowest BCUT2D eigenvalue weighted by molar-refractivity contribution is 0.311. The van der Waals surface area contributed by atoms with E-state index in [1.165, 1.54) is 12.1 Å². The average Bonchev–Trinajstić information content (AvgIpc) is 2.93. The number of anilines is 1. The van der Waals surface area contributed by atoms with Gasteiger partial charge >= 0.3 is 0 Å². The number of piperazine rings is 1. The summed E-state index contributed by atoms with van der Waals surface area (Å²) in [6, 6.07) is 10.4. The van der Waals surface area contributed by atoms with E-state index in [0.717, 1.165) is 52.6 Å². The molecule has 0 atom stereocenters. The van der Waals surface area contributed by atoms with Crippen molar-refractivity contribution in [3.63, 3.8) is 0 Å². The number of benzene rings is 1. The Morgan fingerprint density at radius 1 is 1.00 bits per heavy atom. The van der Waals surface area contributed by atoms with Gasteiger partial charge < -0.3 is 9.80 Å². The zero-order valence-corrected chi connectivity index (χ0v) is 15.4. The van der Waals surface area contributed by atoms with Crippen molar-refractivity contribution in [2.45, 2.75) is 0 Å². The molecule has 0 spiro atoms. The molecule has 124 valence electrons. The number of rotatable bonds is 2. The third-order valence-electron chi connectivity index (χ3n) is 4.35. The fourth-order valence-electron chi connectivity index (χ4n) is 2.89. The normalized spacial score (nSPS) is 16.0. The quantitative estimate of drug-likeness (QED) is 0.578. The molecule has 3 heterocycles. The zero-order chi connectivity index (χ0) is 16.7. The summed E-state index contributed by atoms with van der Waals surface area (Å²) in [5.41, 5.74) is 2.53. The second kappa shape index (κ2) is 6.29. The Kier molecular flexibility index (Phi) is 4.13. The molecule has 0 radical (unpaired) electrons. The first-order chi connectivity index (χ1) is 11.6. The van der Waals surface area contributed by atoms with Crippen LogP contribution in [0.15, 0.2) is 36.4 Å². The van der Waals surface area contributed by atoms with Gasteiger partial charge in [0.1, 0.15) is 21.0 Å². The Morgan fingerprint density at radius 3 is 2.42 bits per heavy atom. The highest BCUT2D eigenvalue weighted by molar-refractivity contribution is 14.1. The van der Waals surface area contributed by atoms with E-state index >= 15 is 0 Å². The predicted octanol–water partition coefficient (Wildman–Crippen LogP) is 2.89. The lowest BCUT2D eigenvalue weighted by Gasteiger charge is -2.33. The molecule has 5 nitrogen and oxygen atoms in total. The molecule has 0 aliphatic carbocycles. The summed E-state index contributed by atoms with van der Waals surface area (Å²) in [5.74, 6) is 0.726. The van der Waals surface area contributed by atoms with Gasteiger partial charge in [-0.25, -0.2) is 13.9 Å². The molecule has 3 aromatic rings. The zero-order valence-electron chi connectivity index (χ0n) is 13.3. The summed E-state index contributed by atoms with van der Waals surface area (Å²) in [5, 5.41) is 4.77. The maximum absolute atomic E-state index is 13.1. The van der Waals surface area contributed by atoms with Crippen LogP contribution in [0.4, 0.5) is 10.2 Å². The molecule has 7 heteroatoms. The first kappa shape index (κ1) is 15.8. The van der Waals surface area contributed by atoms with Gasteiger partial charge in [-0.2, -0.15) is 0 Å². The molecule has 1 aromatic carbocycles. The Morgan fingerprint density at radius 2 is 1.71 bits per heavy atom. The van der Waals surface area contributed by atoms with Gasteiger partial charge in [-0.15, -0.1) is 5.10 Å². The van der Waals surface area contributed by atoms with Gasteiger partial charge in [-0.3, -0.25) is 0 Å². The molecule has 0 saturated carbocycles. The summed E-state index contributed by atoms with van der Waals surface area (Å²) >= 11 is 2.25. The van der Waals surface area contributed by atoms with Crippen molar-refractivity contribution in [1.82, 2.24) is 19.5 Å². The molecular weight excluding hydrogens is 420 g/mol. The van der Waals surface area contributed by atoms with Gasteiger partial charge in [0.15, 0.2) is 5.65 Å². The number of halogens is 2. The topological polar surface area (TPSA) is 36.7 Å². The summed E-state index contributed by atoms with van der Waals surface area (Å²) < 4.78 is 15.9. The molecule has 4 rings (SSSR count). The SMILES string of the molecule is CN1CCN(c2ccc3nc(-c4ccc(F)cc4)c(I)n3n2)CC1. The summed E-state index contributed by atoms with van der Waals surface area (Å²) in [7, 11) is 2.14. The van der Waals surface area contributed by atoms with Crippen molar-refractivity contribution in [1.29, 1.82) is 0 Å². The first-order valence-electron chi connectivity index (χ1n) is 7.86. The lowest BCUT2D eigenvalue weighted by Crippen LogP contribution is -2.44. The minimum absolute atomic E-state index is 0.243. The summed E-state index contributed by atoms with van der Waals surface area (Å²) in [6.07, 6.45) is 0. The van der Waals surface area contributed by atoms with E-state index in [-0.39, 0.29) is 5.82 Å². The lowest BCUT2D eigenvalue weighted by atomic mass is 10.2. The van der Waals surface area contributed by atoms with Crippen molar-refractivity contribution in [2.24, 2.45) is 0 Å². The van der Waals surface area contributed by atoms with E-state index in [2.05, 4.69) is 44.4 Å². The number of hydrogen-bond donors (Lipinski definition) is 0. The highest BCUT2D eigenvalue weighted by Gasteiger charge is 2.18. The molecule has 1 fully saturated rings. The molecule has 1 aliphatic rings. The number of likely N-dealkylation sites (N-methyl/N-ethyl adjacent to an activating group) is 1. The van der Waals surface area contributed by atoms with Crippen LogP contribution >= 0.6 is 22.6 Å². The van der Waals surface area contributed by atoms with Gasteiger partial charge in [0.25, 0.3) is 0 Å². The van der Waals surface area contributed by atoms with Crippen LogP contribution < -0.4 is 4.90 Å². The molecule has 2 aromatic heterocycles. The standard InChI is InChI=1S/C17H17FIN5/c1-22-8-10-23(11-9-22)15-7-6-14-20-16(17(19)24(14)21-15)12-2-4-13(18)5-3-12/h2-7H,8-11H2,1H3. The Balaban J connectivity index is 1.72. The second-order valence-electron chi connectivity index (χ2n) is 6.01. The van der Waals surface area contributed by atoms with Gasteiger partial charge in [0.2, 0.25) is 0 Å². The van der Waals surface area contributed by atoms with Crippen LogP contribution in [0.1, 0.15) is 0 Å². The van der Waals surface area contributed by atoms with E-state index in [0.29, 0.717) is 0 Å². The van der Waals surface area contributed by atoms with Crippen LogP contribution in [0.2, 0.25) is 0 Å². The molecule has 0 N–H and O–H groups in total. The third-order valence-corrected chi connectivity index (χ3v) is 5.32. The van der Waals surface area contributed by atoms with Crippen molar-refractivity contribution < 1.29 is 4.39 Å². The van der Waals surface area contributed by atoms with Crippen LogP contribution in [0.25, 0.3) is 16.9 Å². The molecule has 0 unspecified atom stereocenters. The Hall–Kier alpha value is -1.74. The first-order valence-corrected chi connectivity index (χ1v) is 8.94. The largest absolute Gasteiger partial charge is 0.353 e. The fraction of sp³-hybridized carbons (Fsp3) is 0.294. The number of aromatic nitrogens is 3. The minimum atomic E-state index is -0.243. The molecule has 24 heavy (non-hydrogen) atoms. The predicted molar refractivity (Wildman–Crippen MR) is 101 cm³/mol. The summed E-state index contributed by atoms with van der Waals surface area (Å²) in [6.45, 7) is 4.04. The molecule has 0 amide bonds. The van der Waals surface area contributed by atoms with E-state index in [4.69, 9.17) is 5.10 Å². The van der Waals surface area contributed by atoms with E-state index in [1.54, 1.807) is 12.1 Å². The maximum Gasteiger partial charge on any atom is 0.155 e. The highest BCUT2D eigenvalue weighted by atomic mass is 127. The van der Waals surface area contributed by atoms with Crippen molar-refractivity contribution in [2.75, 3.05) is 38.1 Å². The van der Waals surface area contributed by atoms with Gasteiger partial charge in [0, 0.05) is 31.7 Å². The van der Waals surface area contributed by atoms with Gasteiger partial charge in [0.05, 0.1) is 0 Å². The van der Waals surface area contributed by atoms with Crippen molar-refractivity contribution >= 4 is 34.1 Å². The smallest absolute Gasteiger partial charge is 0.155 e. The third kappa shape index (κ3) is 2.86. The van der Waals surface area contributed by atoms with Crippen LogP contribution in [0.3, 0.4) is 0 Å². The molecule has 1 aliphatic heterocycles. The van der Waals surface area contributed by atoms with Gasteiger partial charge in [-0.05, 0) is 66.0 Å².